The Morgan fingerprint density at radius 1 is 1.00 bits per heavy atom. The number of hydrogen-bond donors (Lipinski definition) is 1. The molecular formula is C14H20N2. The van der Waals surface area contributed by atoms with Crippen LogP contribution in [0.4, 0.5) is 5.69 Å². The number of nitrogens with one attached hydrogen (secondary N) is 1. The van der Waals surface area contributed by atoms with E-state index in [1.165, 1.54) is 37.9 Å². The van der Waals surface area contributed by atoms with Crippen LogP contribution in [0.3, 0.4) is 0 Å². The molecule has 2 nitrogen and oxygen atoms in total. The highest BCUT2D eigenvalue weighted by molar-refractivity contribution is 5.59. The molecule has 1 aromatic rings. The molecule has 0 amide bonds. The maximum atomic E-state index is 3.48. The summed E-state index contributed by atoms with van der Waals surface area (Å²) in [7, 11) is 2.22. The second kappa shape index (κ2) is 4.10. The van der Waals surface area contributed by atoms with E-state index in [0.717, 1.165) is 13.1 Å². The number of benzene rings is 1. The zero-order valence-corrected chi connectivity index (χ0v) is 10.1. The van der Waals surface area contributed by atoms with Crippen molar-refractivity contribution in [3.05, 3.63) is 28.8 Å². The molecule has 1 aromatic carbocycles. The van der Waals surface area contributed by atoms with E-state index in [2.05, 4.69) is 29.4 Å². The van der Waals surface area contributed by atoms with E-state index >= 15 is 0 Å². The minimum absolute atomic E-state index is 1.13. The van der Waals surface area contributed by atoms with E-state index in [1.807, 2.05) is 0 Å². The Kier molecular flexibility index (Phi) is 2.60. The zero-order valence-electron chi connectivity index (χ0n) is 10.1. The summed E-state index contributed by atoms with van der Waals surface area (Å²) in [6, 6.07) is 4.91. The summed E-state index contributed by atoms with van der Waals surface area (Å²) < 4.78 is 0. The molecule has 2 heteroatoms. The fraction of sp³-hybridized carbons (Fsp3) is 0.571. The predicted molar refractivity (Wildman–Crippen MR) is 68.3 cm³/mol. The third-order valence-corrected chi connectivity index (χ3v) is 3.89. The molecule has 0 bridgehead atoms. The number of rotatable bonds is 0. The largest absolute Gasteiger partial charge is 0.374 e. The minimum Gasteiger partial charge on any atom is -0.374 e. The lowest BCUT2D eigenvalue weighted by Crippen LogP contribution is -2.25. The quantitative estimate of drug-likeness (QED) is 0.711. The second-order valence-electron chi connectivity index (χ2n) is 5.02. The van der Waals surface area contributed by atoms with Crippen LogP contribution in [-0.2, 0) is 19.3 Å². The van der Waals surface area contributed by atoms with Crippen molar-refractivity contribution in [2.45, 2.75) is 25.7 Å². The molecule has 16 heavy (non-hydrogen) atoms. The van der Waals surface area contributed by atoms with Crippen molar-refractivity contribution in [3.63, 3.8) is 0 Å². The molecule has 86 valence electrons. The Bertz CT molecular complexity index is 398. The zero-order chi connectivity index (χ0) is 11.0. The minimum atomic E-state index is 1.13. The van der Waals surface area contributed by atoms with Gasteiger partial charge in [0.2, 0.25) is 0 Å². The molecule has 0 aromatic heterocycles. The average molecular weight is 216 g/mol. The van der Waals surface area contributed by atoms with Crippen LogP contribution in [-0.4, -0.2) is 26.7 Å². The molecule has 0 unspecified atom stereocenters. The van der Waals surface area contributed by atoms with Gasteiger partial charge in [0.05, 0.1) is 0 Å². The van der Waals surface area contributed by atoms with Gasteiger partial charge in [0.25, 0.3) is 0 Å². The molecule has 0 spiro atoms. The van der Waals surface area contributed by atoms with Gasteiger partial charge in [-0.1, -0.05) is 6.07 Å². The van der Waals surface area contributed by atoms with E-state index in [4.69, 9.17) is 0 Å². The topological polar surface area (TPSA) is 15.3 Å². The smallest absolute Gasteiger partial charge is 0.0399 e. The van der Waals surface area contributed by atoms with Crippen molar-refractivity contribution in [3.8, 4) is 0 Å². The van der Waals surface area contributed by atoms with E-state index in [0.29, 0.717) is 0 Å². The van der Waals surface area contributed by atoms with Gasteiger partial charge in [-0.25, -0.2) is 0 Å². The van der Waals surface area contributed by atoms with Crippen molar-refractivity contribution in [2.24, 2.45) is 0 Å². The molecule has 0 aliphatic carbocycles. The van der Waals surface area contributed by atoms with Gasteiger partial charge in [-0.05, 0) is 61.5 Å². The first-order chi connectivity index (χ1) is 7.84. The van der Waals surface area contributed by atoms with Crippen molar-refractivity contribution < 1.29 is 0 Å². The Morgan fingerprint density at radius 2 is 1.75 bits per heavy atom. The van der Waals surface area contributed by atoms with Crippen LogP contribution in [0.2, 0.25) is 0 Å². The van der Waals surface area contributed by atoms with Crippen LogP contribution < -0.4 is 10.2 Å². The lowest BCUT2D eigenvalue weighted by molar-refractivity contribution is 0.711. The second-order valence-corrected chi connectivity index (χ2v) is 5.02. The molecule has 2 aliphatic rings. The number of nitrogens with zero attached hydrogens (tertiary/aromatic N) is 1. The summed E-state index contributed by atoms with van der Waals surface area (Å²) >= 11 is 0. The van der Waals surface area contributed by atoms with Crippen molar-refractivity contribution >= 4 is 5.69 Å². The van der Waals surface area contributed by atoms with Crippen LogP contribution in [0.15, 0.2) is 12.1 Å². The van der Waals surface area contributed by atoms with Gasteiger partial charge in [0.1, 0.15) is 0 Å². The van der Waals surface area contributed by atoms with Crippen molar-refractivity contribution in [2.75, 3.05) is 31.6 Å². The Morgan fingerprint density at radius 3 is 2.56 bits per heavy atom. The highest BCUT2D eigenvalue weighted by Crippen LogP contribution is 2.30. The summed E-state index contributed by atoms with van der Waals surface area (Å²) in [5, 5.41) is 3.48. The Hall–Kier alpha value is -1.02. The maximum absolute atomic E-state index is 3.48. The number of fused-ring (bicyclic) bond motifs is 2. The standard InChI is InChI=1S/C14H20N2/c1-16-8-2-3-13-9-11-4-6-15-7-5-12(11)10-14(13)16/h9-10,15H,2-8H2,1H3. The molecule has 0 radical (unpaired) electrons. The molecule has 3 rings (SSSR count). The molecule has 2 aliphatic heterocycles. The lowest BCUT2D eigenvalue weighted by Gasteiger charge is -2.29. The first-order valence-corrected chi connectivity index (χ1v) is 6.41. The Labute approximate surface area is 97.6 Å². The summed E-state index contributed by atoms with van der Waals surface area (Å²) in [5.41, 5.74) is 6.19. The van der Waals surface area contributed by atoms with Gasteiger partial charge >= 0.3 is 0 Å². The molecule has 0 atom stereocenters. The SMILES string of the molecule is CN1CCCc2cc3c(cc21)CCNCC3. The molecule has 0 saturated carbocycles. The van der Waals surface area contributed by atoms with Crippen molar-refractivity contribution in [1.82, 2.24) is 5.32 Å². The predicted octanol–water partition coefficient (Wildman–Crippen LogP) is 1.76. The first kappa shape index (κ1) is 10.2. The molecule has 2 heterocycles. The highest BCUT2D eigenvalue weighted by Gasteiger charge is 2.17. The van der Waals surface area contributed by atoms with E-state index in [-0.39, 0.29) is 0 Å². The highest BCUT2D eigenvalue weighted by atomic mass is 15.1. The summed E-state index contributed by atoms with van der Waals surface area (Å²) in [6.07, 6.45) is 4.96. The third-order valence-electron chi connectivity index (χ3n) is 3.89. The molecule has 0 fully saturated rings. The van der Waals surface area contributed by atoms with E-state index in [1.54, 1.807) is 16.7 Å². The fourth-order valence-corrected chi connectivity index (χ4v) is 2.95. The van der Waals surface area contributed by atoms with Gasteiger partial charge in [-0.3, -0.25) is 0 Å². The van der Waals surface area contributed by atoms with Crippen molar-refractivity contribution in [1.29, 1.82) is 0 Å². The number of anilines is 1. The van der Waals surface area contributed by atoms with Gasteiger partial charge in [0, 0.05) is 19.3 Å². The summed E-state index contributed by atoms with van der Waals surface area (Å²) in [6.45, 7) is 3.49. The average Bonchev–Trinajstić information content (AvgIpc) is 2.52. The van der Waals surface area contributed by atoms with Crippen LogP contribution >= 0.6 is 0 Å². The molecule has 1 N–H and O–H groups in total. The van der Waals surface area contributed by atoms with E-state index in [9.17, 15) is 0 Å². The van der Waals surface area contributed by atoms with Gasteiger partial charge in [-0.15, -0.1) is 0 Å². The third kappa shape index (κ3) is 1.71. The van der Waals surface area contributed by atoms with Gasteiger partial charge < -0.3 is 10.2 Å². The van der Waals surface area contributed by atoms with Gasteiger partial charge in [-0.2, -0.15) is 0 Å². The monoisotopic (exact) mass is 216 g/mol. The van der Waals surface area contributed by atoms with E-state index < -0.39 is 0 Å². The number of aryl methyl sites for hydroxylation is 1. The fourth-order valence-electron chi connectivity index (χ4n) is 2.95. The van der Waals surface area contributed by atoms with Crippen LogP contribution in [0, 0.1) is 0 Å². The Balaban J connectivity index is 2.05. The lowest BCUT2D eigenvalue weighted by atomic mass is 9.93. The maximum Gasteiger partial charge on any atom is 0.0399 e. The first-order valence-electron chi connectivity index (χ1n) is 6.41. The number of hydrogen-bond acceptors (Lipinski definition) is 2. The van der Waals surface area contributed by atoms with Crippen LogP contribution in [0.25, 0.3) is 0 Å². The van der Waals surface area contributed by atoms with Gasteiger partial charge in [0.15, 0.2) is 0 Å². The summed E-state index contributed by atoms with van der Waals surface area (Å²) in [4.78, 5) is 2.41. The normalized spacial score (nSPS) is 19.9. The summed E-state index contributed by atoms with van der Waals surface area (Å²) in [5.74, 6) is 0. The van der Waals surface area contributed by atoms with Crippen LogP contribution in [0.5, 0.6) is 0 Å². The van der Waals surface area contributed by atoms with Crippen LogP contribution in [0.1, 0.15) is 23.1 Å². The molecule has 0 saturated heterocycles. The molecular weight excluding hydrogens is 196 g/mol.